The van der Waals surface area contributed by atoms with Crippen molar-refractivity contribution >= 4 is 0 Å². The van der Waals surface area contributed by atoms with Crippen molar-refractivity contribution in [1.82, 2.24) is 5.32 Å². The Morgan fingerprint density at radius 2 is 1.43 bits per heavy atom. The van der Waals surface area contributed by atoms with Gasteiger partial charge in [0.1, 0.15) is 0 Å². The second kappa shape index (κ2) is 3.90. The molecular weight excluding hydrogens is 170 g/mol. The first kappa shape index (κ1) is 11.5. The predicted molar refractivity (Wildman–Crippen MR) is 63.4 cm³/mol. The Morgan fingerprint density at radius 1 is 1.00 bits per heavy atom. The van der Waals surface area contributed by atoms with Crippen LogP contribution in [-0.4, -0.2) is 13.6 Å². The lowest BCUT2D eigenvalue weighted by molar-refractivity contribution is 0.435. The van der Waals surface area contributed by atoms with Crippen LogP contribution in [0.5, 0.6) is 0 Å². The van der Waals surface area contributed by atoms with Crippen molar-refractivity contribution in [3.05, 3.63) is 22.3 Å². The summed E-state index contributed by atoms with van der Waals surface area (Å²) in [7, 11) is 2.02. The van der Waals surface area contributed by atoms with E-state index in [-0.39, 0.29) is 0 Å². The molecular formula is C13H23N. The second-order valence-corrected chi connectivity index (χ2v) is 4.69. The summed E-state index contributed by atoms with van der Waals surface area (Å²) in [5.41, 5.74) is 6.42. The van der Waals surface area contributed by atoms with Crippen LogP contribution in [0.1, 0.15) is 41.0 Å². The van der Waals surface area contributed by atoms with Crippen LogP contribution in [0.25, 0.3) is 0 Å². The summed E-state index contributed by atoms with van der Waals surface area (Å²) < 4.78 is 0. The van der Waals surface area contributed by atoms with E-state index >= 15 is 0 Å². The first-order valence-electron chi connectivity index (χ1n) is 5.46. The van der Waals surface area contributed by atoms with Gasteiger partial charge in [-0.2, -0.15) is 0 Å². The summed E-state index contributed by atoms with van der Waals surface area (Å²) in [6.45, 7) is 12.5. The molecule has 0 fully saturated rings. The minimum absolute atomic E-state index is 0.303. The van der Waals surface area contributed by atoms with Crippen LogP contribution in [0.3, 0.4) is 0 Å². The number of hydrogen-bond acceptors (Lipinski definition) is 1. The number of hydrogen-bond donors (Lipinski definition) is 1. The fourth-order valence-electron chi connectivity index (χ4n) is 2.42. The lowest BCUT2D eigenvalue weighted by atomic mass is 9.76. The molecule has 0 radical (unpaired) electrons. The van der Waals surface area contributed by atoms with E-state index in [2.05, 4.69) is 39.9 Å². The molecule has 0 aromatic carbocycles. The van der Waals surface area contributed by atoms with Crippen molar-refractivity contribution in [2.45, 2.75) is 41.0 Å². The highest BCUT2D eigenvalue weighted by Crippen LogP contribution is 2.48. The summed E-state index contributed by atoms with van der Waals surface area (Å²) in [4.78, 5) is 0. The Kier molecular flexibility index (Phi) is 3.20. The molecule has 0 saturated carbocycles. The Labute approximate surface area is 88.3 Å². The maximum atomic E-state index is 3.25. The SMILES string of the molecule is CNCCC1(C)C(C)=C(C)C(C)=C1C. The fraction of sp³-hybridized carbons (Fsp3) is 0.692. The van der Waals surface area contributed by atoms with E-state index in [0.717, 1.165) is 6.54 Å². The zero-order valence-electron chi connectivity index (χ0n) is 10.4. The van der Waals surface area contributed by atoms with Crippen molar-refractivity contribution < 1.29 is 0 Å². The van der Waals surface area contributed by atoms with E-state index in [4.69, 9.17) is 0 Å². The molecule has 1 aliphatic carbocycles. The lowest BCUT2D eigenvalue weighted by Gasteiger charge is -2.29. The molecule has 0 unspecified atom stereocenters. The summed E-state index contributed by atoms with van der Waals surface area (Å²) in [6, 6.07) is 0. The molecule has 0 saturated heterocycles. The van der Waals surface area contributed by atoms with Crippen LogP contribution >= 0.6 is 0 Å². The third-order valence-corrected chi connectivity index (χ3v) is 4.22. The number of nitrogens with one attached hydrogen (secondary N) is 1. The Bertz CT molecular complexity index is 270. The van der Waals surface area contributed by atoms with E-state index in [1.807, 2.05) is 7.05 Å². The third kappa shape index (κ3) is 1.54. The summed E-state index contributed by atoms with van der Waals surface area (Å²) in [6.07, 6.45) is 1.20. The van der Waals surface area contributed by atoms with E-state index in [0.29, 0.717) is 5.41 Å². The molecule has 0 aliphatic heterocycles. The van der Waals surface area contributed by atoms with Gasteiger partial charge in [-0.3, -0.25) is 0 Å². The Hall–Kier alpha value is -0.560. The van der Waals surface area contributed by atoms with Crippen LogP contribution < -0.4 is 5.32 Å². The molecule has 14 heavy (non-hydrogen) atoms. The highest BCUT2D eigenvalue weighted by atomic mass is 14.8. The summed E-state index contributed by atoms with van der Waals surface area (Å²) in [5.74, 6) is 0. The monoisotopic (exact) mass is 193 g/mol. The molecule has 0 bridgehead atoms. The van der Waals surface area contributed by atoms with Gasteiger partial charge >= 0.3 is 0 Å². The number of rotatable bonds is 3. The van der Waals surface area contributed by atoms with Gasteiger partial charge < -0.3 is 5.32 Å². The lowest BCUT2D eigenvalue weighted by Crippen LogP contribution is -2.23. The average Bonchev–Trinajstić information content (AvgIpc) is 2.32. The first-order valence-corrected chi connectivity index (χ1v) is 5.46. The molecule has 0 aromatic rings. The Balaban J connectivity index is 3.00. The van der Waals surface area contributed by atoms with Crippen LogP contribution in [0.4, 0.5) is 0 Å². The largest absolute Gasteiger partial charge is 0.320 e. The topological polar surface area (TPSA) is 12.0 Å². The highest BCUT2D eigenvalue weighted by molar-refractivity contribution is 5.49. The molecule has 80 valence electrons. The number of allylic oxidation sites excluding steroid dienone is 4. The van der Waals surface area contributed by atoms with Crippen molar-refractivity contribution in [3.8, 4) is 0 Å². The van der Waals surface area contributed by atoms with Crippen molar-refractivity contribution in [2.75, 3.05) is 13.6 Å². The van der Waals surface area contributed by atoms with E-state index < -0.39 is 0 Å². The second-order valence-electron chi connectivity index (χ2n) is 4.69. The van der Waals surface area contributed by atoms with Crippen LogP contribution in [-0.2, 0) is 0 Å². The Morgan fingerprint density at radius 3 is 1.79 bits per heavy atom. The molecule has 1 nitrogen and oxygen atoms in total. The van der Waals surface area contributed by atoms with Gasteiger partial charge in [-0.15, -0.1) is 0 Å². The molecule has 1 heteroatoms. The zero-order chi connectivity index (χ0) is 10.9. The highest BCUT2D eigenvalue weighted by Gasteiger charge is 2.35. The quantitative estimate of drug-likeness (QED) is 0.725. The average molecular weight is 193 g/mol. The van der Waals surface area contributed by atoms with Gasteiger partial charge in [-0.05, 0) is 58.9 Å². The van der Waals surface area contributed by atoms with Gasteiger partial charge in [0.05, 0.1) is 0 Å². The van der Waals surface area contributed by atoms with E-state index in [1.165, 1.54) is 17.6 Å². The van der Waals surface area contributed by atoms with Gasteiger partial charge in [-0.1, -0.05) is 18.1 Å². The molecule has 0 spiro atoms. The first-order chi connectivity index (χ1) is 6.45. The molecule has 0 aromatic heterocycles. The smallest absolute Gasteiger partial charge is 0.0110 e. The molecule has 1 rings (SSSR count). The summed E-state index contributed by atoms with van der Waals surface area (Å²) >= 11 is 0. The van der Waals surface area contributed by atoms with E-state index in [9.17, 15) is 0 Å². The predicted octanol–water partition coefficient (Wildman–Crippen LogP) is 3.29. The van der Waals surface area contributed by atoms with Gasteiger partial charge in [0.25, 0.3) is 0 Å². The maximum absolute atomic E-state index is 3.25. The molecule has 1 aliphatic rings. The van der Waals surface area contributed by atoms with Gasteiger partial charge in [-0.25, -0.2) is 0 Å². The normalized spacial score (nSPS) is 21.0. The van der Waals surface area contributed by atoms with E-state index in [1.54, 1.807) is 11.1 Å². The standard InChI is InChI=1S/C13H23N/c1-9-10(2)12(4)13(5,11(9)3)7-8-14-6/h14H,7-8H2,1-6H3. The van der Waals surface area contributed by atoms with Crippen LogP contribution in [0.2, 0.25) is 0 Å². The van der Waals surface area contributed by atoms with Gasteiger partial charge in [0.15, 0.2) is 0 Å². The molecule has 1 N–H and O–H groups in total. The molecule has 0 atom stereocenters. The minimum atomic E-state index is 0.303. The minimum Gasteiger partial charge on any atom is -0.320 e. The zero-order valence-corrected chi connectivity index (χ0v) is 10.4. The fourth-order valence-corrected chi connectivity index (χ4v) is 2.42. The third-order valence-electron chi connectivity index (χ3n) is 4.22. The van der Waals surface area contributed by atoms with Crippen molar-refractivity contribution in [1.29, 1.82) is 0 Å². The van der Waals surface area contributed by atoms with Crippen LogP contribution in [0.15, 0.2) is 22.3 Å². The molecule has 0 heterocycles. The van der Waals surface area contributed by atoms with Crippen LogP contribution in [0, 0.1) is 5.41 Å². The van der Waals surface area contributed by atoms with Crippen molar-refractivity contribution in [3.63, 3.8) is 0 Å². The van der Waals surface area contributed by atoms with Gasteiger partial charge in [0, 0.05) is 5.41 Å². The summed E-state index contributed by atoms with van der Waals surface area (Å²) in [5, 5.41) is 3.25. The van der Waals surface area contributed by atoms with Crippen molar-refractivity contribution in [2.24, 2.45) is 5.41 Å². The van der Waals surface area contributed by atoms with Gasteiger partial charge in [0.2, 0.25) is 0 Å². The molecule has 0 amide bonds. The maximum Gasteiger partial charge on any atom is 0.0110 e.